The van der Waals surface area contributed by atoms with Crippen LogP contribution in [0.4, 0.5) is 0 Å². The van der Waals surface area contributed by atoms with Crippen LogP contribution in [-0.4, -0.2) is 24.9 Å². The van der Waals surface area contributed by atoms with Crippen molar-refractivity contribution in [1.29, 1.82) is 0 Å². The molecule has 3 heteroatoms. The molecular weight excluding hydrogens is 226 g/mol. The Balaban J connectivity index is 1.80. The van der Waals surface area contributed by atoms with Crippen LogP contribution in [0.15, 0.2) is 30.3 Å². The quantitative estimate of drug-likeness (QED) is 0.727. The second-order valence-corrected chi connectivity index (χ2v) is 5.32. The lowest BCUT2D eigenvalue weighted by Crippen LogP contribution is -2.45. The van der Waals surface area contributed by atoms with E-state index in [9.17, 15) is 5.11 Å². The minimum Gasteiger partial charge on any atom is -0.394 e. The maximum absolute atomic E-state index is 9.50. The summed E-state index contributed by atoms with van der Waals surface area (Å²) in [5, 5.41) is 9.50. The standard InChI is InChI=1S/C15H23NO2/c16-15(11-17,14-7-2-1-3-8-14)12-18-10-9-13-5-4-6-13/h1-3,7-8,13,17H,4-6,9-12,16H2. The van der Waals surface area contributed by atoms with E-state index in [2.05, 4.69) is 0 Å². The van der Waals surface area contributed by atoms with Gasteiger partial charge in [0.05, 0.1) is 18.8 Å². The summed E-state index contributed by atoms with van der Waals surface area (Å²) >= 11 is 0. The molecule has 1 saturated carbocycles. The first-order valence-corrected chi connectivity index (χ1v) is 6.77. The lowest BCUT2D eigenvalue weighted by molar-refractivity contribution is 0.0420. The van der Waals surface area contributed by atoms with Gasteiger partial charge in [-0.15, -0.1) is 0 Å². The lowest BCUT2D eigenvalue weighted by atomic mass is 9.83. The molecule has 0 saturated heterocycles. The zero-order valence-electron chi connectivity index (χ0n) is 10.8. The van der Waals surface area contributed by atoms with Crippen LogP contribution < -0.4 is 5.73 Å². The van der Waals surface area contributed by atoms with Gasteiger partial charge in [0.15, 0.2) is 0 Å². The van der Waals surface area contributed by atoms with Crippen LogP contribution in [0.3, 0.4) is 0 Å². The fourth-order valence-corrected chi connectivity index (χ4v) is 2.28. The third kappa shape index (κ3) is 3.31. The molecule has 1 aromatic rings. The van der Waals surface area contributed by atoms with Crippen LogP contribution in [-0.2, 0) is 10.3 Å². The smallest absolute Gasteiger partial charge is 0.0881 e. The van der Waals surface area contributed by atoms with E-state index in [0.29, 0.717) is 6.61 Å². The number of hydrogen-bond acceptors (Lipinski definition) is 3. The SMILES string of the molecule is NC(CO)(COCCC1CCC1)c1ccccc1. The Morgan fingerprint density at radius 2 is 2.00 bits per heavy atom. The van der Waals surface area contributed by atoms with Crippen molar-refractivity contribution >= 4 is 0 Å². The van der Waals surface area contributed by atoms with Gasteiger partial charge in [0.2, 0.25) is 0 Å². The maximum atomic E-state index is 9.50. The van der Waals surface area contributed by atoms with Crippen molar-refractivity contribution in [1.82, 2.24) is 0 Å². The largest absolute Gasteiger partial charge is 0.394 e. The normalized spacial score (nSPS) is 19.2. The Hall–Kier alpha value is -0.900. The Morgan fingerprint density at radius 3 is 2.56 bits per heavy atom. The van der Waals surface area contributed by atoms with Crippen molar-refractivity contribution in [2.45, 2.75) is 31.2 Å². The minimum absolute atomic E-state index is 0.0968. The van der Waals surface area contributed by atoms with Crippen molar-refractivity contribution in [3.8, 4) is 0 Å². The number of rotatable bonds is 7. The molecule has 0 spiro atoms. The molecule has 18 heavy (non-hydrogen) atoms. The predicted octanol–water partition coefficient (Wildman–Crippen LogP) is 2.04. The van der Waals surface area contributed by atoms with E-state index >= 15 is 0 Å². The summed E-state index contributed by atoms with van der Waals surface area (Å²) in [6.07, 6.45) is 5.17. The average Bonchev–Trinajstić information content (AvgIpc) is 2.37. The van der Waals surface area contributed by atoms with Crippen molar-refractivity contribution < 1.29 is 9.84 Å². The van der Waals surface area contributed by atoms with Crippen LogP contribution in [0.25, 0.3) is 0 Å². The molecule has 0 bridgehead atoms. The van der Waals surface area contributed by atoms with E-state index in [1.165, 1.54) is 19.3 Å². The van der Waals surface area contributed by atoms with Gasteiger partial charge in [-0.1, -0.05) is 49.6 Å². The van der Waals surface area contributed by atoms with Gasteiger partial charge in [-0.3, -0.25) is 0 Å². The highest BCUT2D eigenvalue weighted by molar-refractivity contribution is 5.24. The number of ether oxygens (including phenoxy) is 1. The molecule has 100 valence electrons. The molecule has 0 aliphatic heterocycles. The average molecular weight is 249 g/mol. The molecule has 0 heterocycles. The molecule has 1 aromatic carbocycles. The fourth-order valence-electron chi connectivity index (χ4n) is 2.28. The van der Waals surface area contributed by atoms with E-state index in [1.807, 2.05) is 30.3 Å². The first kappa shape index (κ1) is 13.5. The molecule has 0 amide bonds. The third-order valence-corrected chi connectivity index (χ3v) is 3.89. The molecule has 1 aliphatic carbocycles. The van der Waals surface area contributed by atoms with Crippen LogP contribution in [0.5, 0.6) is 0 Å². The molecule has 1 atom stereocenters. The summed E-state index contributed by atoms with van der Waals surface area (Å²) in [4.78, 5) is 0. The van der Waals surface area contributed by atoms with Gasteiger partial charge in [-0.05, 0) is 17.9 Å². The molecule has 0 aromatic heterocycles. The maximum Gasteiger partial charge on any atom is 0.0881 e. The topological polar surface area (TPSA) is 55.5 Å². The first-order chi connectivity index (χ1) is 8.74. The van der Waals surface area contributed by atoms with E-state index in [1.54, 1.807) is 0 Å². The molecule has 1 aliphatic rings. The first-order valence-electron chi connectivity index (χ1n) is 6.77. The minimum atomic E-state index is -0.777. The third-order valence-electron chi connectivity index (χ3n) is 3.89. The van der Waals surface area contributed by atoms with Crippen molar-refractivity contribution in [2.24, 2.45) is 11.7 Å². The van der Waals surface area contributed by atoms with E-state index in [4.69, 9.17) is 10.5 Å². The van der Waals surface area contributed by atoms with Crippen LogP contribution >= 0.6 is 0 Å². The van der Waals surface area contributed by atoms with E-state index < -0.39 is 5.54 Å². The van der Waals surface area contributed by atoms with Gasteiger partial charge in [-0.25, -0.2) is 0 Å². The van der Waals surface area contributed by atoms with Crippen molar-refractivity contribution in [3.63, 3.8) is 0 Å². The summed E-state index contributed by atoms with van der Waals surface area (Å²) in [5.41, 5.74) is 6.36. The van der Waals surface area contributed by atoms with Gasteiger partial charge >= 0.3 is 0 Å². The highest BCUT2D eigenvalue weighted by Crippen LogP contribution is 2.29. The van der Waals surface area contributed by atoms with Gasteiger partial charge in [0, 0.05) is 6.61 Å². The number of aliphatic hydroxyl groups is 1. The van der Waals surface area contributed by atoms with Crippen molar-refractivity contribution in [2.75, 3.05) is 19.8 Å². The van der Waals surface area contributed by atoms with Gasteiger partial charge < -0.3 is 15.6 Å². The Kier molecular flexibility index (Phi) is 4.75. The predicted molar refractivity (Wildman–Crippen MR) is 72.2 cm³/mol. The molecule has 1 unspecified atom stereocenters. The molecule has 3 nitrogen and oxygen atoms in total. The highest BCUT2D eigenvalue weighted by Gasteiger charge is 2.27. The van der Waals surface area contributed by atoms with E-state index in [0.717, 1.165) is 24.5 Å². The summed E-state index contributed by atoms with van der Waals surface area (Å²) in [6.45, 7) is 1.02. The second kappa shape index (κ2) is 6.32. The number of hydrogen-bond donors (Lipinski definition) is 2. The summed E-state index contributed by atoms with van der Waals surface area (Å²) in [5.74, 6) is 0.850. The van der Waals surface area contributed by atoms with Crippen molar-refractivity contribution in [3.05, 3.63) is 35.9 Å². The molecule has 1 fully saturated rings. The Morgan fingerprint density at radius 1 is 1.28 bits per heavy atom. The lowest BCUT2D eigenvalue weighted by Gasteiger charge is -2.29. The highest BCUT2D eigenvalue weighted by atomic mass is 16.5. The number of benzene rings is 1. The Bertz CT molecular complexity index is 351. The number of aliphatic hydroxyl groups excluding tert-OH is 1. The molecular formula is C15H23NO2. The fraction of sp³-hybridized carbons (Fsp3) is 0.600. The van der Waals surface area contributed by atoms with Crippen LogP contribution in [0, 0.1) is 5.92 Å². The van der Waals surface area contributed by atoms with E-state index in [-0.39, 0.29) is 6.61 Å². The summed E-state index contributed by atoms with van der Waals surface area (Å²) in [7, 11) is 0. The Labute approximate surface area is 109 Å². The van der Waals surface area contributed by atoms with Gasteiger partial charge in [0.25, 0.3) is 0 Å². The monoisotopic (exact) mass is 249 g/mol. The zero-order chi connectivity index (χ0) is 12.8. The second-order valence-electron chi connectivity index (χ2n) is 5.32. The molecule has 3 N–H and O–H groups in total. The zero-order valence-corrected chi connectivity index (χ0v) is 10.8. The van der Waals surface area contributed by atoms with Gasteiger partial charge in [-0.2, -0.15) is 0 Å². The summed E-state index contributed by atoms with van der Waals surface area (Å²) in [6, 6.07) is 9.68. The molecule has 2 rings (SSSR count). The summed E-state index contributed by atoms with van der Waals surface area (Å²) < 4.78 is 5.67. The molecule has 0 radical (unpaired) electrons. The van der Waals surface area contributed by atoms with Crippen LogP contribution in [0.2, 0.25) is 0 Å². The number of nitrogens with two attached hydrogens (primary N) is 1. The van der Waals surface area contributed by atoms with Crippen LogP contribution in [0.1, 0.15) is 31.2 Å². The van der Waals surface area contributed by atoms with Gasteiger partial charge in [0.1, 0.15) is 0 Å².